The Morgan fingerprint density at radius 2 is 1.82 bits per heavy atom. The van der Waals surface area contributed by atoms with Crippen LogP contribution in [0.1, 0.15) is 52.0 Å². The van der Waals surface area contributed by atoms with E-state index >= 15 is 0 Å². The third-order valence-electron chi connectivity index (χ3n) is 6.57. The zero-order chi connectivity index (χ0) is 27.1. The van der Waals surface area contributed by atoms with Crippen LogP contribution < -0.4 is 14.8 Å². The number of rotatable bonds is 4. The molecule has 4 aromatic rings. The Labute approximate surface area is 241 Å². The van der Waals surface area contributed by atoms with Gasteiger partial charge in [0.25, 0.3) is 0 Å². The zero-order valence-corrected chi connectivity index (χ0v) is 24.6. The van der Waals surface area contributed by atoms with Crippen LogP contribution in [0.2, 0.25) is 0 Å². The van der Waals surface area contributed by atoms with E-state index in [0.717, 1.165) is 75.4 Å². The molecule has 1 aromatic heterocycles. The maximum Gasteiger partial charge on any atom is 0.194 e. The third-order valence-corrected chi connectivity index (χ3v) is 8.51. The molecule has 6 heteroatoms. The van der Waals surface area contributed by atoms with Gasteiger partial charge in [-0.2, -0.15) is 0 Å². The lowest BCUT2D eigenvalue weighted by atomic mass is 9.93. The molecule has 1 aliphatic heterocycles. The lowest BCUT2D eigenvalue weighted by Gasteiger charge is -2.18. The van der Waals surface area contributed by atoms with E-state index in [-0.39, 0.29) is 5.41 Å². The number of hydrogen-bond acceptors (Lipinski definition) is 6. The topological polar surface area (TPSA) is 46.2 Å². The van der Waals surface area contributed by atoms with Crippen LogP contribution in [-0.2, 0) is 0 Å². The summed E-state index contributed by atoms with van der Waals surface area (Å²) >= 11 is 3.28. The van der Waals surface area contributed by atoms with Crippen molar-refractivity contribution in [2.24, 2.45) is 5.41 Å². The Balaban J connectivity index is 1.51. The zero-order valence-electron chi connectivity index (χ0n) is 23.0. The predicted molar refractivity (Wildman–Crippen MR) is 170 cm³/mol. The quantitative estimate of drug-likeness (QED) is 0.245. The third kappa shape index (κ3) is 7.68. The molecule has 0 spiro atoms. The van der Waals surface area contributed by atoms with Gasteiger partial charge in [0.2, 0.25) is 0 Å². The van der Waals surface area contributed by atoms with Crippen LogP contribution in [0.3, 0.4) is 0 Å². The molecule has 0 fully saturated rings. The predicted octanol–water partition coefficient (Wildman–Crippen LogP) is 10.0. The van der Waals surface area contributed by atoms with Gasteiger partial charge < -0.3 is 14.8 Å². The van der Waals surface area contributed by atoms with Gasteiger partial charge in [0.1, 0.15) is 5.75 Å². The lowest BCUT2D eigenvalue weighted by molar-refractivity contribution is 0.243. The molecule has 0 amide bonds. The monoisotopic (exact) mass is 555 g/mol. The maximum atomic E-state index is 6.17. The molecule has 2 N–H and O–H groups in total. The van der Waals surface area contributed by atoms with E-state index in [1.54, 1.807) is 23.3 Å². The molecule has 4 bridgehead atoms. The summed E-state index contributed by atoms with van der Waals surface area (Å²) in [5.41, 5.74) is 5.84. The molecule has 0 saturated carbocycles. The van der Waals surface area contributed by atoms with Crippen LogP contribution in [0, 0.1) is 5.41 Å². The van der Waals surface area contributed by atoms with Crippen molar-refractivity contribution < 1.29 is 4.74 Å². The lowest BCUT2D eigenvalue weighted by Crippen LogP contribution is -2.11. The van der Waals surface area contributed by atoms with Crippen molar-refractivity contribution in [3.63, 3.8) is 0 Å². The van der Waals surface area contributed by atoms with Crippen molar-refractivity contribution in [2.75, 3.05) is 23.2 Å². The van der Waals surface area contributed by atoms with E-state index < -0.39 is 0 Å². The van der Waals surface area contributed by atoms with Gasteiger partial charge in [0.05, 0.1) is 17.2 Å². The summed E-state index contributed by atoms with van der Waals surface area (Å²) in [5, 5.41) is 4.44. The molecule has 0 aliphatic carbocycles. The van der Waals surface area contributed by atoms with E-state index in [1.807, 2.05) is 6.07 Å². The normalized spacial score (nSPS) is 14.8. The van der Waals surface area contributed by atoms with Crippen molar-refractivity contribution in [1.29, 1.82) is 0 Å². The first kappa shape index (κ1) is 27.4. The van der Waals surface area contributed by atoms with Gasteiger partial charge in [0, 0.05) is 22.7 Å². The average Bonchev–Trinajstić information content (AvgIpc) is 3.35. The number of ether oxygens (including phenoxy) is 1. The van der Waals surface area contributed by atoms with Gasteiger partial charge in [-0.1, -0.05) is 86.7 Å². The van der Waals surface area contributed by atoms with E-state index in [4.69, 9.17) is 9.72 Å². The van der Waals surface area contributed by atoms with Gasteiger partial charge in [-0.3, -0.25) is 0 Å². The summed E-state index contributed by atoms with van der Waals surface area (Å²) in [6.45, 7) is 8.41. The highest BCUT2D eigenvalue weighted by Crippen LogP contribution is 2.42. The molecule has 2 heterocycles. The van der Waals surface area contributed by atoms with Gasteiger partial charge in [-0.15, -0.1) is 0 Å². The van der Waals surface area contributed by atoms with Crippen molar-refractivity contribution in [3.05, 3.63) is 84.4 Å². The number of hydrogen-bond donors (Lipinski definition) is 2. The number of fused-ring (bicyclic) bond motifs is 6. The molecule has 0 saturated heterocycles. The van der Waals surface area contributed by atoms with Gasteiger partial charge in [0.15, 0.2) is 5.13 Å². The molecular formula is C33H37N3OS2. The molecular weight excluding hydrogens is 519 g/mol. The average molecular weight is 556 g/mol. The number of anilines is 2. The summed E-state index contributed by atoms with van der Waals surface area (Å²) in [7, 11) is 0. The van der Waals surface area contributed by atoms with Crippen molar-refractivity contribution in [1.82, 2.24) is 4.98 Å². The van der Waals surface area contributed by atoms with Crippen LogP contribution >= 0.6 is 23.3 Å². The van der Waals surface area contributed by atoms with Crippen LogP contribution in [-0.4, -0.2) is 18.1 Å². The van der Waals surface area contributed by atoms with Crippen molar-refractivity contribution in [3.8, 4) is 27.4 Å². The Morgan fingerprint density at radius 3 is 2.72 bits per heavy atom. The molecule has 3 aromatic carbocycles. The van der Waals surface area contributed by atoms with E-state index in [9.17, 15) is 0 Å². The van der Waals surface area contributed by atoms with Crippen LogP contribution in [0.15, 0.2) is 83.8 Å². The second-order valence-corrected chi connectivity index (χ2v) is 12.9. The van der Waals surface area contributed by atoms with Gasteiger partial charge in [-0.05, 0) is 84.5 Å². The fourth-order valence-electron chi connectivity index (χ4n) is 4.40. The number of aromatic nitrogens is 1. The van der Waals surface area contributed by atoms with Crippen molar-refractivity contribution in [2.45, 2.75) is 51.3 Å². The molecule has 5 rings (SSSR count). The molecule has 0 atom stereocenters. The highest BCUT2D eigenvalue weighted by atomic mass is 32.2. The molecule has 39 heavy (non-hydrogen) atoms. The number of allylic oxidation sites excluding steroid dienone is 1. The van der Waals surface area contributed by atoms with Crippen LogP contribution in [0.25, 0.3) is 27.8 Å². The minimum absolute atomic E-state index is 0.242. The SMILES string of the molecule is CC(C)(C)CCOc1cccc(-c2sc3nc2-c2ccccc2/C=C/CCCCNc2cccc(c2)SN3)c1. The fraction of sp³-hybridized carbons (Fsp3) is 0.303. The first-order valence-electron chi connectivity index (χ1n) is 13.7. The maximum absolute atomic E-state index is 6.17. The van der Waals surface area contributed by atoms with Crippen molar-refractivity contribution >= 4 is 40.2 Å². The number of thiazole rings is 1. The number of nitrogens with one attached hydrogen (secondary N) is 2. The molecule has 4 nitrogen and oxygen atoms in total. The molecule has 202 valence electrons. The van der Waals surface area contributed by atoms with Gasteiger partial charge >= 0.3 is 0 Å². The van der Waals surface area contributed by atoms with E-state index in [0.29, 0.717) is 6.61 Å². The van der Waals surface area contributed by atoms with Crippen LogP contribution in [0.5, 0.6) is 5.75 Å². The van der Waals surface area contributed by atoms with Gasteiger partial charge in [-0.25, -0.2) is 4.98 Å². The highest BCUT2D eigenvalue weighted by Gasteiger charge is 2.18. The fourth-order valence-corrected chi connectivity index (χ4v) is 6.11. The Kier molecular flexibility index (Phi) is 8.95. The first-order chi connectivity index (χ1) is 18.9. The first-order valence-corrected chi connectivity index (χ1v) is 15.3. The number of nitrogens with zero attached hydrogens (tertiary/aromatic N) is 1. The minimum Gasteiger partial charge on any atom is -0.494 e. The Hall–Kier alpha value is -3.22. The van der Waals surface area contributed by atoms with Crippen LogP contribution in [0.4, 0.5) is 10.8 Å². The summed E-state index contributed by atoms with van der Waals surface area (Å²) in [6, 6.07) is 25.6. The highest BCUT2D eigenvalue weighted by molar-refractivity contribution is 8.00. The minimum atomic E-state index is 0.242. The molecule has 0 unspecified atom stereocenters. The summed E-state index contributed by atoms with van der Waals surface area (Å²) in [5.74, 6) is 0.895. The Bertz CT molecular complexity index is 1420. The summed E-state index contributed by atoms with van der Waals surface area (Å²) in [4.78, 5) is 7.42. The molecule has 0 radical (unpaired) electrons. The largest absolute Gasteiger partial charge is 0.494 e. The molecule has 1 aliphatic rings. The smallest absolute Gasteiger partial charge is 0.194 e. The Morgan fingerprint density at radius 1 is 0.949 bits per heavy atom. The number of benzene rings is 3. The summed E-state index contributed by atoms with van der Waals surface area (Å²) in [6.07, 6.45) is 8.88. The van der Waals surface area contributed by atoms with E-state index in [1.165, 1.54) is 5.56 Å². The second-order valence-electron chi connectivity index (χ2n) is 11.0. The second kappa shape index (κ2) is 12.8. The summed E-state index contributed by atoms with van der Waals surface area (Å²) < 4.78 is 9.69. The standard InChI is InChI=1S/C33H37N3OS2/c1-33(2,3)19-21-37-27-16-10-14-25(22-27)31-30-29-18-8-7-13-24(29)12-6-4-5-9-20-34-26-15-11-17-28(23-26)39-36-32(35-30)38-31/h6-8,10-18,22-23,34H,4-5,9,19-21H2,1-3H3,(H,35,36)/b12-6+. The van der Waals surface area contributed by atoms with E-state index in [2.05, 4.69) is 110 Å².